The Hall–Kier alpha value is -0.980. The highest BCUT2D eigenvalue weighted by atomic mass is 35.5. The number of hydrogen-bond donors (Lipinski definition) is 0. The maximum atomic E-state index is 6.27. The molecule has 0 radical (unpaired) electrons. The van der Waals surface area contributed by atoms with Crippen LogP contribution in [-0.4, -0.2) is 42.5 Å². The number of aromatic nitrogens is 1. The number of ether oxygens (including phenoxy) is 2. The first-order valence-electron chi connectivity index (χ1n) is 8.44. The molecule has 2 aliphatic heterocycles. The summed E-state index contributed by atoms with van der Waals surface area (Å²) in [5.41, 5.74) is 2.14. The quantitative estimate of drug-likeness (QED) is 0.819. The Morgan fingerprint density at radius 3 is 2.67 bits per heavy atom. The van der Waals surface area contributed by atoms with Crippen LogP contribution >= 0.6 is 22.9 Å². The predicted octanol–water partition coefficient (Wildman–Crippen LogP) is 4.05. The number of benzene rings is 1. The average Bonchev–Trinajstić information content (AvgIpc) is 3.28. The first-order chi connectivity index (χ1) is 11.8. The van der Waals surface area contributed by atoms with Gasteiger partial charge in [0.1, 0.15) is 5.01 Å². The van der Waals surface area contributed by atoms with E-state index in [2.05, 4.69) is 10.3 Å². The van der Waals surface area contributed by atoms with Gasteiger partial charge in [0.25, 0.3) is 0 Å². The molecule has 3 heterocycles. The molecule has 4 nitrogen and oxygen atoms in total. The minimum Gasteiger partial charge on any atom is -0.350 e. The molecule has 2 aromatic rings. The lowest BCUT2D eigenvalue weighted by Crippen LogP contribution is -2.37. The van der Waals surface area contributed by atoms with Crippen molar-refractivity contribution in [2.45, 2.75) is 25.7 Å². The second kappa shape index (κ2) is 7.50. The summed E-state index contributed by atoms with van der Waals surface area (Å²) in [5.74, 6) is 0.540. The SMILES string of the molecule is Clc1ccccc1-c1nc(CN2CCC(C3OCCO3)CC2)cs1. The van der Waals surface area contributed by atoms with E-state index in [-0.39, 0.29) is 6.29 Å². The van der Waals surface area contributed by atoms with E-state index < -0.39 is 0 Å². The number of rotatable bonds is 4. The van der Waals surface area contributed by atoms with Gasteiger partial charge in [0, 0.05) is 23.4 Å². The Labute approximate surface area is 151 Å². The molecular formula is C18H21ClN2O2S. The molecule has 0 spiro atoms. The Morgan fingerprint density at radius 2 is 1.92 bits per heavy atom. The van der Waals surface area contributed by atoms with Crippen LogP contribution in [0.2, 0.25) is 5.02 Å². The zero-order chi connectivity index (χ0) is 16.4. The van der Waals surface area contributed by atoms with Gasteiger partial charge in [-0.25, -0.2) is 4.98 Å². The second-order valence-electron chi connectivity index (χ2n) is 6.35. The monoisotopic (exact) mass is 364 g/mol. The average molecular weight is 365 g/mol. The molecule has 2 saturated heterocycles. The third-order valence-corrected chi connectivity index (χ3v) is 5.96. The highest BCUT2D eigenvalue weighted by molar-refractivity contribution is 7.13. The third kappa shape index (κ3) is 3.65. The summed E-state index contributed by atoms with van der Waals surface area (Å²) < 4.78 is 11.3. The van der Waals surface area contributed by atoms with Gasteiger partial charge in [-0.3, -0.25) is 4.90 Å². The fraction of sp³-hybridized carbons (Fsp3) is 0.500. The molecule has 0 amide bonds. The van der Waals surface area contributed by atoms with Gasteiger partial charge in [0.2, 0.25) is 0 Å². The van der Waals surface area contributed by atoms with E-state index in [0.29, 0.717) is 5.92 Å². The fourth-order valence-corrected chi connectivity index (χ4v) is 4.53. The van der Waals surface area contributed by atoms with Gasteiger partial charge in [-0.2, -0.15) is 0 Å². The maximum Gasteiger partial charge on any atom is 0.160 e. The van der Waals surface area contributed by atoms with Crippen molar-refractivity contribution in [3.8, 4) is 10.6 Å². The van der Waals surface area contributed by atoms with E-state index in [1.807, 2.05) is 24.3 Å². The Kier molecular flexibility index (Phi) is 5.15. The smallest absolute Gasteiger partial charge is 0.160 e. The number of thiazole rings is 1. The van der Waals surface area contributed by atoms with Crippen LogP contribution in [0.5, 0.6) is 0 Å². The van der Waals surface area contributed by atoms with E-state index in [9.17, 15) is 0 Å². The molecule has 24 heavy (non-hydrogen) atoms. The van der Waals surface area contributed by atoms with Gasteiger partial charge in [0.15, 0.2) is 6.29 Å². The molecule has 0 saturated carbocycles. The van der Waals surface area contributed by atoms with Crippen LogP contribution in [-0.2, 0) is 16.0 Å². The van der Waals surface area contributed by atoms with Gasteiger partial charge < -0.3 is 9.47 Å². The molecular weight excluding hydrogens is 344 g/mol. The molecule has 1 aromatic carbocycles. The summed E-state index contributed by atoms with van der Waals surface area (Å²) in [6.45, 7) is 4.54. The lowest BCUT2D eigenvalue weighted by atomic mass is 9.96. The number of likely N-dealkylation sites (tertiary alicyclic amines) is 1. The van der Waals surface area contributed by atoms with Crippen LogP contribution in [0.3, 0.4) is 0 Å². The van der Waals surface area contributed by atoms with Crippen molar-refractivity contribution < 1.29 is 9.47 Å². The van der Waals surface area contributed by atoms with Gasteiger partial charge in [-0.05, 0) is 32.0 Å². The van der Waals surface area contributed by atoms with E-state index in [4.69, 9.17) is 26.1 Å². The minimum absolute atomic E-state index is 0.0262. The number of nitrogens with zero attached hydrogens (tertiary/aromatic N) is 2. The van der Waals surface area contributed by atoms with Crippen LogP contribution in [0.15, 0.2) is 29.6 Å². The summed E-state index contributed by atoms with van der Waals surface area (Å²) in [5, 5.41) is 3.91. The summed E-state index contributed by atoms with van der Waals surface area (Å²) >= 11 is 7.93. The standard InChI is InChI=1S/C18H21ClN2O2S/c19-16-4-2-1-3-15(16)17-20-14(12-24-17)11-21-7-5-13(6-8-21)18-22-9-10-23-18/h1-4,12-13,18H,5-11H2. The summed E-state index contributed by atoms with van der Waals surface area (Å²) in [4.78, 5) is 7.24. The van der Waals surface area contributed by atoms with Crippen molar-refractivity contribution in [1.29, 1.82) is 0 Å². The Bertz CT molecular complexity index is 679. The molecule has 4 rings (SSSR count). The van der Waals surface area contributed by atoms with E-state index >= 15 is 0 Å². The number of hydrogen-bond acceptors (Lipinski definition) is 5. The van der Waals surface area contributed by atoms with Crippen LogP contribution < -0.4 is 0 Å². The first kappa shape index (κ1) is 16.5. The first-order valence-corrected chi connectivity index (χ1v) is 9.70. The molecule has 2 fully saturated rings. The van der Waals surface area contributed by atoms with Crippen LogP contribution in [0, 0.1) is 5.92 Å². The predicted molar refractivity (Wildman–Crippen MR) is 96.3 cm³/mol. The Balaban J connectivity index is 1.34. The molecule has 0 N–H and O–H groups in total. The highest BCUT2D eigenvalue weighted by Gasteiger charge is 2.30. The van der Waals surface area contributed by atoms with Crippen molar-refractivity contribution in [3.63, 3.8) is 0 Å². The van der Waals surface area contributed by atoms with Crippen LogP contribution in [0.25, 0.3) is 10.6 Å². The van der Waals surface area contributed by atoms with Gasteiger partial charge in [-0.1, -0.05) is 29.8 Å². The molecule has 0 bridgehead atoms. The van der Waals surface area contributed by atoms with Crippen molar-refractivity contribution in [1.82, 2.24) is 9.88 Å². The number of piperidine rings is 1. The van der Waals surface area contributed by atoms with Crippen LogP contribution in [0.4, 0.5) is 0 Å². The van der Waals surface area contributed by atoms with Crippen molar-refractivity contribution in [2.24, 2.45) is 5.92 Å². The summed E-state index contributed by atoms with van der Waals surface area (Å²) in [7, 11) is 0. The topological polar surface area (TPSA) is 34.6 Å². The molecule has 6 heteroatoms. The minimum atomic E-state index is 0.0262. The fourth-order valence-electron chi connectivity index (χ4n) is 3.40. The zero-order valence-electron chi connectivity index (χ0n) is 13.5. The zero-order valence-corrected chi connectivity index (χ0v) is 15.1. The molecule has 1 aromatic heterocycles. The maximum absolute atomic E-state index is 6.27. The van der Waals surface area contributed by atoms with Gasteiger partial charge in [-0.15, -0.1) is 11.3 Å². The highest BCUT2D eigenvalue weighted by Crippen LogP contribution is 2.31. The summed E-state index contributed by atoms with van der Waals surface area (Å²) in [6, 6.07) is 7.89. The summed E-state index contributed by atoms with van der Waals surface area (Å²) in [6.07, 6.45) is 2.29. The second-order valence-corrected chi connectivity index (χ2v) is 7.61. The third-order valence-electron chi connectivity index (χ3n) is 4.71. The number of halogens is 1. The van der Waals surface area contributed by atoms with Crippen LogP contribution in [0.1, 0.15) is 18.5 Å². The largest absolute Gasteiger partial charge is 0.350 e. The normalized spacial score (nSPS) is 20.7. The van der Waals surface area contributed by atoms with E-state index in [0.717, 1.165) is 67.0 Å². The molecule has 0 atom stereocenters. The van der Waals surface area contributed by atoms with Crippen molar-refractivity contribution in [3.05, 3.63) is 40.4 Å². The lowest BCUT2D eigenvalue weighted by Gasteiger charge is -2.33. The molecule has 128 valence electrons. The molecule has 0 unspecified atom stereocenters. The Morgan fingerprint density at radius 1 is 1.17 bits per heavy atom. The van der Waals surface area contributed by atoms with E-state index in [1.54, 1.807) is 11.3 Å². The van der Waals surface area contributed by atoms with Gasteiger partial charge in [0.05, 0.1) is 23.9 Å². The molecule has 0 aliphatic carbocycles. The van der Waals surface area contributed by atoms with E-state index in [1.165, 1.54) is 0 Å². The lowest BCUT2D eigenvalue weighted by molar-refractivity contribution is -0.0978. The molecule has 2 aliphatic rings. The van der Waals surface area contributed by atoms with Crippen molar-refractivity contribution in [2.75, 3.05) is 26.3 Å². The van der Waals surface area contributed by atoms with Crippen molar-refractivity contribution >= 4 is 22.9 Å². The van der Waals surface area contributed by atoms with Gasteiger partial charge >= 0.3 is 0 Å².